The van der Waals surface area contributed by atoms with Gasteiger partial charge in [-0.05, 0) is 77.0 Å². The number of aliphatic hydroxyl groups is 3. The summed E-state index contributed by atoms with van der Waals surface area (Å²) in [4.78, 5) is 25.3. The number of hydrogen-bond donors (Lipinski definition) is 3. The zero-order valence-corrected chi connectivity index (χ0v) is 33.8. The summed E-state index contributed by atoms with van der Waals surface area (Å²) in [5, 5.41) is 30.9. The molecule has 6 unspecified atom stereocenters. The topological polar surface area (TPSA) is 132 Å². The second-order valence-corrected chi connectivity index (χ2v) is 14.7. The van der Waals surface area contributed by atoms with E-state index in [9.17, 15) is 24.9 Å². The Morgan fingerprint density at radius 1 is 0.566 bits per heavy atom. The minimum Gasteiger partial charge on any atom is -0.462 e. The van der Waals surface area contributed by atoms with Gasteiger partial charge in [0, 0.05) is 12.8 Å². The Hall–Kier alpha value is -2.04. The number of allylic oxidation sites excluding steroid dienone is 6. The van der Waals surface area contributed by atoms with Crippen LogP contribution in [0.5, 0.6) is 0 Å². The first kappa shape index (κ1) is 49.0. The second-order valence-electron chi connectivity index (χ2n) is 14.7. The number of hydrogen-bond acceptors (Lipinski definition) is 9. The Balaban J connectivity index is 2.38. The molecule has 9 nitrogen and oxygen atoms in total. The molecule has 1 aliphatic rings. The molecule has 53 heavy (non-hydrogen) atoms. The van der Waals surface area contributed by atoms with Crippen LogP contribution in [0.1, 0.15) is 181 Å². The van der Waals surface area contributed by atoms with Gasteiger partial charge in [0.15, 0.2) is 12.4 Å². The van der Waals surface area contributed by atoms with Crippen molar-refractivity contribution in [2.24, 2.45) is 0 Å². The van der Waals surface area contributed by atoms with Crippen LogP contribution in [0.3, 0.4) is 0 Å². The molecule has 0 saturated carbocycles. The summed E-state index contributed by atoms with van der Waals surface area (Å²) in [5.41, 5.74) is 0. The minimum atomic E-state index is -1.48. The van der Waals surface area contributed by atoms with E-state index in [2.05, 4.69) is 50.3 Å². The lowest BCUT2D eigenvalue weighted by molar-refractivity contribution is -0.301. The lowest BCUT2D eigenvalue weighted by atomic mass is 9.97. The smallest absolute Gasteiger partial charge is 0.306 e. The Labute approximate surface area is 323 Å². The molecule has 1 saturated heterocycles. The van der Waals surface area contributed by atoms with Crippen LogP contribution in [0.4, 0.5) is 0 Å². The minimum absolute atomic E-state index is 0.178. The zero-order valence-electron chi connectivity index (χ0n) is 33.8. The largest absolute Gasteiger partial charge is 0.462 e. The van der Waals surface area contributed by atoms with Crippen LogP contribution in [0.15, 0.2) is 36.5 Å². The fourth-order valence-corrected chi connectivity index (χ4v) is 6.28. The lowest BCUT2D eigenvalue weighted by Crippen LogP contribution is -2.58. The van der Waals surface area contributed by atoms with Crippen molar-refractivity contribution in [2.45, 2.75) is 218 Å². The highest BCUT2D eigenvalue weighted by Crippen LogP contribution is 2.24. The molecule has 0 aromatic carbocycles. The molecule has 0 bridgehead atoms. The van der Waals surface area contributed by atoms with Crippen LogP contribution in [-0.4, -0.2) is 77.3 Å². The first-order valence-corrected chi connectivity index (χ1v) is 21.4. The third-order valence-electron chi connectivity index (χ3n) is 9.72. The van der Waals surface area contributed by atoms with Crippen molar-refractivity contribution in [1.29, 1.82) is 0 Å². The number of carbonyl (C=O) groups excluding carboxylic acids is 2. The third-order valence-corrected chi connectivity index (χ3v) is 9.72. The van der Waals surface area contributed by atoms with Crippen molar-refractivity contribution in [3.05, 3.63) is 36.5 Å². The van der Waals surface area contributed by atoms with Gasteiger partial charge in [-0.3, -0.25) is 9.59 Å². The van der Waals surface area contributed by atoms with Crippen LogP contribution in [0.25, 0.3) is 0 Å². The molecule has 0 aromatic rings. The van der Waals surface area contributed by atoms with Gasteiger partial charge in [0.25, 0.3) is 0 Å². The van der Waals surface area contributed by atoms with E-state index in [0.29, 0.717) is 12.8 Å². The van der Waals surface area contributed by atoms with E-state index in [4.69, 9.17) is 18.9 Å². The number of esters is 2. The predicted molar refractivity (Wildman–Crippen MR) is 213 cm³/mol. The monoisotopic (exact) mass is 751 g/mol. The molecule has 0 spiro atoms. The number of carbonyl (C=O) groups is 2. The van der Waals surface area contributed by atoms with Crippen LogP contribution in [-0.2, 0) is 28.5 Å². The van der Waals surface area contributed by atoms with E-state index in [1.165, 1.54) is 57.8 Å². The van der Waals surface area contributed by atoms with Gasteiger partial charge in [-0.25, -0.2) is 0 Å². The summed E-state index contributed by atoms with van der Waals surface area (Å²) in [6.07, 6.45) is 32.0. The van der Waals surface area contributed by atoms with Gasteiger partial charge >= 0.3 is 11.9 Å². The van der Waals surface area contributed by atoms with E-state index < -0.39 is 42.8 Å². The zero-order chi connectivity index (χ0) is 38.8. The Kier molecular flexibility index (Phi) is 31.8. The predicted octanol–water partition coefficient (Wildman–Crippen LogP) is 9.75. The maximum absolute atomic E-state index is 12.8. The SMILES string of the molecule is CCCCC/C=C\C/C=C\CCCCCCCC(=O)OC(COC(=O)CCCCCCC/C=C\CCCCCC)COC1OC(CC)C(O)C(O)C1O. The van der Waals surface area contributed by atoms with Gasteiger partial charge in [-0.1, -0.05) is 128 Å². The highest BCUT2D eigenvalue weighted by atomic mass is 16.7. The molecular formula is C44H78O9. The molecule has 0 amide bonds. The Morgan fingerprint density at radius 2 is 1.04 bits per heavy atom. The van der Waals surface area contributed by atoms with Crippen LogP contribution in [0, 0.1) is 0 Å². The van der Waals surface area contributed by atoms with Gasteiger partial charge in [0.1, 0.15) is 24.9 Å². The molecule has 0 aromatic heterocycles. The van der Waals surface area contributed by atoms with Crippen molar-refractivity contribution in [1.82, 2.24) is 0 Å². The van der Waals surface area contributed by atoms with E-state index in [-0.39, 0.29) is 32.0 Å². The van der Waals surface area contributed by atoms with Crippen LogP contribution in [0.2, 0.25) is 0 Å². The first-order valence-electron chi connectivity index (χ1n) is 21.4. The van der Waals surface area contributed by atoms with Gasteiger partial charge in [0.05, 0.1) is 12.7 Å². The summed E-state index contributed by atoms with van der Waals surface area (Å²) < 4.78 is 22.5. The van der Waals surface area contributed by atoms with Gasteiger partial charge in [0.2, 0.25) is 0 Å². The van der Waals surface area contributed by atoms with Crippen LogP contribution < -0.4 is 0 Å². The molecule has 6 atom stereocenters. The van der Waals surface area contributed by atoms with E-state index >= 15 is 0 Å². The molecule has 308 valence electrons. The average Bonchev–Trinajstić information content (AvgIpc) is 3.15. The number of aliphatic hydroxyl groups excluding tert-OH is 3. The van der Waals surface area contributed by atoms with E-state index in [1.807, 2.05) is 0 Å². The quantitative estimate of drug-likeness (QED) is 0.0334. The van der Waals surface area contributed by atoms with Gasteiger partial charge in [-0.2, -0.15) is 0 Å². The molecular weight excluding hydrogens is 672 g/mol. The number of unbranched alkanes of at least 4 members (excludes halogenated alkanes) is 17. The number of ether oxygens (including phenoxy) is 4. The Morgan fingerprint density at radius 3 is 1.60 bits per heavy atom. The molecule has 0 radical (unpaired) electrons. The first-order chi connectivity index (χ1) is 25.8. The van der Waals surface area contributed by atoms with Gasteiger partial charge < -0.3 is 34.3 Å². The van der Waals surface area contributed by atoms with E-state index in [1.54, 1.807) is 6.92 Å². The third kappa shape index (κ3) is 26.4. The number of rotatable bonds is 34. The van der Waals surface area contributed by atoms with Crippen molar-refractivity contribution in [2.75, 3.05) is 13.2 Å². The summed E-state index contributed by atoms with van der Waals surface area (Å²) in [5.74, 6) is -0.761. The molecule has 1 aliphatic heterocycles. The molecule has 0 aliphatic carbocycles. The highest BCUT2D eigenvalue weighted by Gasteiger charge is 2.43. The molecule has 3 N–H and O–H groups in total. The summed E-state index contributed by atoms with van der Waals surface area (Å²) in [6.45, 7) is 5.87. The standard InChI is InChI=1S/C44H78O9/c1-4-7-9-11-13-15-17-19-20-22-24-26-28-30-32-34-40(46)52-37(36-51-44-43(49)42(48)41(47)38(6-3)53-44)35-50-39(45)33-31-29-27-25-23-21-18-16-14-12-10-8-5-2/h13,15-16,18-20,37-38,41-44,47-49H,4-12,14,17,21-36H2,1-3H3/b15-13-,18-16-,20-19-. The summed E-state index contributed by atoms with van der Waals surface area (Å²) in [6, 6.07) is 0. The summed E-state index contributed by atoms with van der Waals surface area (Å²) >= 11 is 0. The van der Waals surface area contributed by atoms with E-state index in [0.717, 1.165) is 77.0 Å². The van der Waals surface area contributed by atoms with Crippen molar-refractivity contribution >= 4 is 11.9 Å². The average molecular weight is 751 g/mol. The fraction of sp³-hybridized carbons (Fsp3) is 0.818. The molecule has 9 heteroatoms. The Bertz CT molecular complexity index is 963. The molecule has 1 heterocycles. The van der Waals surface area contributed by atoms with Crippen molar-refractivity contribution in [3.63, 3.8) is 0 Å². The highest BCUT2D eigenvalue weighted by molar-refractivity contribution is 5.70. The van der Waals surface area contributed by atoms with Gasteiger partial charge in [-0.15, -0.1) is 0 Å². The lowest BCUT2D eigenvalue weighted by Gasteiger charge is -2.40. The maximum atomic E-state index is 12.8. The van der Waals surface area contributed by atoms with Crippen molar-refractivity contribution in [3.8, 4) is 0 Å². The molecule has 1 fully saturated rings. The second kappa shape index (κ2) is 34.5. The fourth-order valence-electron chi connectivity index (χ4n) is 6.28. The van der Waals surface area contributed by atoms with Crippen molar-refractivity contribution < 1.29 is 43.9 Å². The summed E-state index contributed by atoms with van der Waals surface area (Å²) in [7, 11) is 0. The normalized spacial score (nSPS) is 21.2. The van der Waals surface area contributed by atoms with Crippen LogP contribution >= 0.6 is 0 Å². The molecule has 1 rings (SSSR count). The maximum Gasteiger partial charge on any atom is 0.306 e.